The highest BCUT2D eigenvalue weighted by molar-refractivity contribution is 7.80. The lowest BCUT2D eigenvalue weighted by molar-refractivity contribution is -0.119. The van der Waals surface area contributed by atoms with Gasteiger partial charge in [0.25, 0.3) is 5.91 Å². The molecule has 0 fully saturated rings. The fraction of sp³-hybridized carbons (Fsp3) is 0.158. The molecule has 0 bridgehead atoms. The molecule has 2 aromatic carbocycles. The molecule has 0 aliphatic carbocycles. The van der Waals surface area contributed by atoms with Gasteiger partial charge in [0.1, 0.15) is 0 Å². The van der Waals surface area contributed by atoms with E-state index in [9.17, 15) is 9.59 Å². The number of benzene rings is 2. The SMILES string of the molecule is CCC(=O)NC(=S)Nc1ccc(NC(=S)NC(=O)c2ccc(C)c(Cl)c2)cc1. The minimum absolute atomic E-state index is 0.160. The van der Waals surface area contributed by atoms with Gasteiger partial charge in [-0.3, -0.25) is 14.9 Å². The summed E-state index contributed by atoms with van der Waals surface area (Å²) < 4.78 is 0. The first-order valence-corrected chi connectivity index (χ1v) is 9.57. The summed E-state index contributed by atoms with van der Waals surface area (Å²) in [4.78, 5) is 23.5. The average molecular weight is 435 g/mol. The van der Waals surface area contributed by atoms with Crippen LogP contribution in [0.1, 0.15) is 29.3 Å². The first kappa shape index (κ1) is 21.7. The van der Waals surface area contributed by atoms with Gasteiger partial charge in [0.05, 0.1) is 0 Å². The molecule has 2 rings (SSSR count). The summed E-state index contributed by atoms with van der Waals surface area (Å²) in [7, 11) is 0. The predicted octanol–water partition coefficient (Wildman–Crippen LogP) is 4.00. The first-order valence-electron chi connectivity index (χ1n) is 8.38. The van der Waals surface area contributed by atoms with Crippen molar-refractivity contribution in [2.75, 3.05) is 10.6 Å². The molecule has 0 saturated carbocycles. The van der Waals surface area contributed by atoms with Gasteiger partial charge in [-0.25, -0.2) is 0 Å². The summed E-state index contributed by atoms with van der Waals surface area (Å²) in [5.41, 5.74) is 2.70. The number of anilines is 2. The number of aryl methyl sites for hydroxylation is 1. The van der Waals surface area contributed by atoms with Gasteiger partial charge < -0.3 is 16.0 Å². The summed E-state index contributed by atoms with van der Waals surface area (Å²) in [5, 5.41) is 11.9. The van der Waals surface area contributed by atoms with E-state index in [4.69, 9.17) is 36.0 Å². The maximum atomic E-state index is 12.2. The Morgan fingerprint density at radius 1 is 0.929 bits per heavy atom. The molecule has 0 spiro atoms. The van der Waals surface area contributed by atoms with Crippen LogP contribution in [0.2, 0.25) is 5.02 Å². The number of thiocarbonyl (C=S) groups is 2. The maximum Gasteiger partial charge on any atom is 0.257 e. The Kier molecular flexibility index (Phi) is 7.86. The molecule has 2 aromatic rings. The molecule has 0 saturated heterocycles. The van der Waals surface area contributed by atoms with E-state index < -0.39 is 0 Å². The second kappa shape index (κ2) is 10.1. The lowest BCUT2D eigenvalue weighted by atomic mass is 10.1. The van der Waals surface area contributed by atoms with E-state index in [1.165, 1.54) is 0 Å². The highest BCUT2D eigenvalue weighted by Crippen LogP contribution is 2.17. The molecule has 146 valence electrons. The minimum atomic E-state index is -0.352. The second-order valence-electron chi connectivity index (χ2n) is 5.81. The van der Waals surface area contributed by atoms with E-state index >= 15 is 0 Å². The molecule has 0 aromatic heterocycles. The lowest BCUT2D eigenvalue weighted by Gasteiger charge is -2.12. The molecule has 9 heteroatoms. The predicted molar refractivity (Wildman–Crippen MR) is 121 cm³/mol. The Hall–Kier alpha value is -2.55. The number of hydrogen-bond acceptors (Lipinski definition) is 4. The molecule has 0 radical (unpaired) electrons. The van der Waals surface area contributed by atoms with Gasteiger partial charge in [-0.2, -0.15) is 0 Å². The van der Waals surface area contributed by atoms with Crippen LogP contribution in [0.4, 0.5) is 11.4 Å². The Morgan fingerprint density at radius 3 is 1.96 bits per heavy atom. The molecule has 0 aliphatic heterocycles. The Morgan fingerprint density at radius 2 is 1.46 bits per heavy atom. The minimum Gasteiger partial charge on any atom is -0.332 e. The molecule has 0 heterocycles. The molecular formula is C19H19ClN4O2S2. The fourth-order valence-corrected chi connectivity index (χ4v) is 2.71. The highest BCUT2D eigenvalue weighted by Gasteiger charge is 2.10. The van der Waals surface area contributed by atoms with Gasteiger partial charge in [0, 0.05) is 28.4 Å². The van der Waals surface area contributed by atoms with E-state index in [0.29, 0.717) is 28.4 Å². The summed E-state index contributed by atoms with van der Waals surface area (Å²) in [5.74, 6) is -0.513. The van der Waals surface area contributed by atoms with E-state index in [2.05, 4.69) is 21.3 Å². The average Bonchev–Trinajstić information content (AvgIpc) is 2.65. The maximum absolute atomic E-state index is 12.2. The molecule has 0 aliphatic rings. The van der Waals surface area contributed by atoms with Crippen LogP contribution < -0.4 is 21.3 Å². The second-order valence-corrected chi connectivity index (χ2v) is 7.03. The van der Waals surface area contributed by atoms with Crippen molar-refractivity contribution in [2.24, 2.45) is 0 Å². The van der Waals surface area contributed by atoms with Crippen molar-refractivity contribution >= 4 is 69.5 Å². The third kappa shape index (κ3) is 6.56. The number of halogens is 1. The van der Waals surface area contributed by atoms with Crippen LogP contribution in [0.3, 0.4) is 0 Å². The molecule has 4 N–H and O–H groups in total. The molecule has 28 heavy (non-hydrogen) atoms. The summed E-state index contributed by atoms with van der Waals surface area (Å²) in [6.45, 7) is 3.60. The number of amides is 2. The number of nitrogens with one attached hydrogen (secondary N) is 4. The van der Waals surface area contributed by atoms with Gasteiger partial charge in [0.15, 0.2) is 10.2 Å². The smallest absolute Gasteiger partial charge is 0.257 e. The largest absolute Gasteiger partial charge is 0.332 e. The van der Waals surface area contributed by atoms with Crippen molar-refractivity contribution in [1.82, 2.24) is 10.6 Å². The number of rotatable bonds is 4. The number of carbonyl (C=O) groups excluding carboxylic acids is 2. The van der Waals surface area contributed by atoms with Gasteiger partial charge in [0.2, 0.25) is 5.91 Å². The Labute approximate surface area is 179 Å². The standard InChI is InChI=1S/C19H19ClN4O2S2/c1-3-16(25)23-18(27)21-13-6-8-14(9-7-13)22-19(28)24-17(26)12-5-4-11(2)15(20)10-12/h4-10H,3H2,1-2H3,(H2,21,23,25,27)(H2,22,24,26,28). The fourth-order valence-electron chi connectivity index (χ4n) is 2.09. The quantitative estimate of drug-likeness (QED) is 0.544. The van der Waals surface area contributed by atoms with E-state index in [1.807, 2.05) is 6.92 Å². The van der Waals surface area contributed by atoms with Gasteiger partial charge in [-0.1, -0.05) is 24.6 Å². The third-order valence-electron chi connectivity index (χ3n) is 3.64. The van der Waals surface area contributed by atoms with Crippen LogP contribution in [-0.4, -0.2) is 22.0 Å². The summed E-state index contributed by atoms with van der Waals surface area (Å²) >= 11 is 16.3. The van der Waals surface area contributed by atoms with Gasteiger partial charge >= 0.3 is 0 Å². The number of hydrogen-bond donors (Lipinski definition) is 4. The third-order valence-corrected chi connectivity index (χ3v) is 4.45. The Balaban J connectivity index is 1.89. The topological polar surface area (TPSA) is 82.3 Å². The van der Waals surface area contributed by atoms with Gasteiger partial charge in [-0.15, -0.1) is 0 Å². The summed E-state index contributed by atoms with van der Waals surface area (Å²) in [6, 6.07) is 12.1. The van der Waals surface area contributed by atoms with Crippen molar-refractivity contribution < 1.29 is 9.59 Å². The van der Waals surface area contributed by atoms with Gasteiger partial charge in [-0.05, 0) is 73.3 Å². The summed E-state index contributed by atoms with van der Waals surface area (Å²) in [6.07, 6.45) is 0.350. The van der Waals surface area contributed by atoms with Crippen LogP contribution in [0.25, 0.3) is 0 Å². The lowest BCUT2D eigenvalue weighted by Crippen LogP contribution is -2.34. The van der Waals surface area contributed by atoms with Crippen LogP contribution in [0.15, 0.2) is 42.5 Å². The first-order chi connectivity index (χ1) is 13.3. The molecule has 6 nitrogen and oxygen atoms in total. The van der Waals surface area contributed by atoms with Crippen molar-refractivity contribution in [3.05, 3.63) is 58.6 Å². The Bertz CT molecular complexity index is 917. The monoisotopic (exact) mass is 434 g/mol. The molecule has 0 atom stereocenters. The molecule has 2 amide bonds. The van der Waals surface area contributed by atoms with Crippen molar-refractivity contribution in [2.45, 2.75) is 20.3 Å². The normalized spacial score (nSPS) is 9.96. The van der Waals surface area contributed by atoms with Crippen LogP contribution in [-0.2, 0) is 4.79 Å². The van der Waals surface area contributed by atoms with Crippen molar-refractivity contribution in [3.63, 3.8) is 0 Å². The van der Waals surface area contributed by atoms with E-state index in [-0.39, 0.29) is 22.0 Å². The van der Waals surface area contributed by atoms with E-state index in [0.717, 1.165) is 5.56 Å². The van der Waals surface area contributed by atoms with Crippen molar-refractivity contribution in [3.8, 4) is 0 Å². The molecular weight excluding hydrogens is 416 g/mol. The van der Waals surface area contributed by atoms with E-state index in [1.54, 1.807) is 49.4 Å². The molecule has 0 unspecified atom stereocenters. The van der Waals surface area contributed by atoms with Crippen LogP contribution >= 0.6 is 36.0 Å². The zero-order valence-corrected chi connectivity index (χ0v) is 17.6. The number of carbonyl (C=O) groups is 2. The van der Waals surface area contributed by atoms with Crippen LogP contribution in [0.5, 0.6) is 0 Å². The van der Waals surface area contributed by atoms with Crippen LogP contribution in [0, 0.1) is 6.92 Å². The highest BCUT2D eigenvalue weighted by atomic mass is 35.5. The van der Waals surface area contributed by atoms with Crippen molar-refractivity contribution in [1.29, 1.82) is 0 Å². The zero-order valence-electron chi connectivity index (χ0n) is 15.3. The zero-order chi connectivity index (χ0) is 20.7.